The molecule has 1 heterocycles. The van der Waals surface area contributed by atoms with Crippen LogP contribution in [-0.2, 0) is 9.53 Å². The fourth-order valence-electron chi connectivity index (χ4n) is 2.83. The smallest absolute Gasteiger partial charge is 0.306 e. The van der Waals surface area contributed by atoms with Crippen molar-refractivity contribution in [2.24, 2.45) is 11.8 Å². The summed E-state index contributed by atoms with van der Waals surface area (Å²) in [5.74, 6) is 0.764. The van der Waals surface area contributed by atoms with Crippen molar-refractivity contribution in [2.45, 2.75) is 44.6 Å². The average Bonchev–Trinajstić information content (AvgIpc) is 2.61. The molecule has 1 aliphatic heterocycles. The van der Waals surface area contributed by atoms with Crippen LogP contribution in [0.3, 0.4) is 0 Å². The van der Waals surface area contributed by atoms with Crippen molar-refractivity contribution < 1.29 is 14.6 Å². The number of ether oxygens (including phenoxy) is 1. The van der Waals surface area contributed by atoms with Gasteiger partial charge in [0.1, 0.15) is 6.10 Å². The summed E-state index contributed by atoms with van der Waals surface area (Å²) in [7, 11) is 0. The Bertz CT molecular complexity index is 209. The molecule has 3 heteroatoms. The zero-order valence-corrected chi connectivity index (χ0v) is 8.45. The number of cyclic esters (lactones) is 1. The van der Waals surface area contributed by atoms with E-state index in [1.807, 2.05) is 0 Å². The summed E-state index contributed by atoms with van der Waals surface area (Å²) in [6.07, 6.45) is 6.58. The van der Waals surface area contributed by atoms with Crippen molar-refractivity contribution in [3.05, 3.63) is 0 Å². The molecule has 14 heavy (non-hydrogen) atoms. The quantitative estimate of drug-likeness (QED) is 0.684. The van der Waals surface area contributed by atoms with E-state index in [-0.39, 0.29) is 24.6 Å². The highest BCUT2D eigenvalue weighted by molar-refractivity contribution is 5.72. The van der Waals surface area contributed by atoms with Crippen LogP contribution in [0.15, 0.2) is 0 Å². The van der Waals surface area contributed by atoms with Crippen molar-refractivity contribution >= 4 is 5.97 Å². The minimum atomic E-state index is -0.217. The van der Waals surface area contributed by atoms with E-state index in [1.54, 1.807) is 0 Å². The number of hydrogen-bond acceptors (Lipinski definition) is 3. The third-order valence-electron chi connectivity index (χ3n) is 3.60. The zero-order valence-electron chi connectivity index (χ0n) is 8.45. The molecule has 2 aliphatic rings. The van der Waals surface area contributed by atoms with Crippen LogP contribution in [0.25, 0.3) is 0 Å². The molecule has 1 aliphatic carbocycles. The van der Waals surface area contributed by atoms with Crippen molar-refractivity contribution in [2.75, 3.05) is 6.61 Å². The second-order valence-corrected chi connectivity index (χ2v) is 4.48. The van der Waals surface area contributed by atoms with E-state index in [2.05, 4.69) is 0 Å². The predicted octanol–water partition coefficient (Wildman–Crippen LogP) is 1.49. The molecular weight excluding hydrogens is 180 g/mol. The van der Waals surface area contributed by atoms with E-state index >= 15 is 0 Å². The van der Waals surface area contributed by atoms with Crippen LogP contribution in [0.4, 0.5) is 0 Å². The number of aliphatic hydroxyl groups excluding tert-OH is 1. The lowest BCUT2D eigenvalue weighted by molar-refractivity contribution is -0.143. The number of carbonyl (C=O) groups is 1. The van der Waals surface area contributed by atoms with Crippen LogP contribution in [0.2, 0.25) is 0 Å². The highest BCUT2D eigenvalue weighted by atomic mass is 16.6. The Kier molecular flexibility index (Phi) is 3.06. The summed E-state index contributed by atoms with van der Waals surface area (Å²) in [6, 6.07) is 0. The van der Waals surface area contributed by atoms with E-state index in [9.17, 15) is 4.79 Å². The molecular formula is C11H18O3. The van der Waals surface area contributed by atoms with Gasteiger partial charge < -0.3 is 9.84 Å². The van der Waals surface area contributed by atoms with Crippen LogP contribution in [0.5, 0.6) is 0 Å². The number of esters is 1. The maximum absolute atomic E-state index is 11.1. The van der Waals surface area contributed by atoms with Gasteiger partial charge in [-0.2, -0.15) is 0 Å². The molecule has 2 fully saturated rings. The van der Waals surface area contributed by atoms with Gasteiger partial charge in [-0.3, -0.25) is 4.79 Å². The molecule has 2 rings (SSSR count). The molecule has 0 radical (unpaired) electrons. The molecule has 2 atom stereocenters. The minimum absolute atomic E-state index is 0.00704. The fraction of sp³-hybridized carbons (Fsp3) is 0.909. The third kappa shape index (κ3) is 1.92. The molecule has 0 bridgehead atoms. The maximum Gasteiger partial charge on any atom is 0.306 e. The van der Waals surface area contributed by atoms with Gasteiger partial charge in [0.05, 0.1) is 13.0 Å². The summed E-state index contributed by atoms with van der Waals surface area (Å²) in [6.45, 7) is -0.00704. The molecule has 0 aromatic rings. The Hall–Kier alpha value is -0.570. The zero-order chi connectivity index (χ0) is 9.97. The molecule has 1 saturated carbocycles. The van der Waals surface area contributed by atoms with Crippen LogP contribution in [0, 0.1) is 11.8 Å². The molecule has 3 nitrogen and oxygen atoms in total. The van der Waals surface area contributed by atoms with Crippen molar-refractivity contribution in [3.8, 4) is 0 Å². The van der Waals surface area contributed by atoms with Gasteiger partial charge in [0.2, 0.25) is 0 Å². The monoisotopic (exact) mass is 198 g/mol. The standard InChI is InChI=1S/C11H18O3/c12-7-10-9(6-11(13)14-10)8-4-2-1-3-5-8/h8-10,12H,1-7H2. The van der Waals surface area contributed by atoms with E-state index < -0.39 is 0 Å². The lowest BCUT2D eigenvalue weighted by Crippen LogP contribution is -2.28. The third-order valence-corrected chi connectivity index (χ3v) is 3.60. The van der Waals surface area contributed by atoms with Crippen LogP contribution in [0.1, 0.15) is 38.5 Å². The van der Waals surface area contributed by atoms with E-state index in [4.69, 9.17) is 9.84 Å². The number of rotatable bonds is 2. The highest BCUT2D eigenvalue weighted by Gasteiger charge is 2.39. The van der Waals surface area contributed by atoms with Crippen LogP contribution < -0.4 is 0 Å². The molecule has 0 amide bonds. The van der Waals surface area contributed by atoms with Gasteiger partial charge in [0.25, 0.3) is 0 Å². The summed E-state index contributed by atoms with van der Waals surface area (Å²) in [4.78, 5) is 11.1. The average molecular weight is 198 g/mol. The van der Waals surface area contributed by atoms with Gasteiger partial charge >= 0.3 is 5.97 Å². The Morgan fingerprint density at radius 2 is 2.00 bits per heavy atom. The first kappa shape index (κ1) is 9.97. The van der Waals surface area contributed by atoms with Crippen molar-refractivity contribution in [3.63, 3.8) is 0 Å². The molecule has 1 saturated heterocycles. The molecule has 0 aromatic heterocycles. The van der Waals surface area contributed by atoms with E-state index in [1.165, 1.54) is 32.1 Å². The second-order valence-electron chi connectivity index (χ2n) is 4.48. The molecule has 2 unspecified atom stereocenters. The van der Waals surface area contributed by atoms with Crippen molar-refractivity contribution in [1.82, 2.24) is 0 Å². The summed E-state index contributed by atoms with van der Waals surface area (Å²) in [5.41, 5.74) is 0. The van der Waals surface area contributed by atoms with Gasteiger partial charge in [0, 0.05) is 5.92 Å². The number of aliphatic hydroxyl groups is 1. The van der Waals surface area contributed by atoms with Gasteiger partial charge in [-0.15, -0.1) is 0 Å². The Balaban J connectivity index is 1.97. The van der Waals surface area contributed by atoms with Gasteiger partial charge in [0.15, 0.2) is 0 Å². The Morgan fingerprint density at radius 1 is 1.29 bits per heavy atom. The molecule has 0 spiro atoms. The molecule has 1 N–H and O–H groups in total. The predicted molar refractivity (Wildman–Crippen MR) is 51.6 cm³/mol. The first-order valence-electron chi connectivity index (χ1n) is 5.61. The van der Waals surface area contributed by atoms with Gasteiger partial charge in [-0.05, 0) is 5.92 Å². The fourth-order valence-corrected chi connectivity index (χ4v) is 2.83. The highest BCUT2D eigenvalue weighted by Crippen LogP contribution is 2.37. The lowest BCUT2D eigenvalue weighted by Gasteiger charge is -2.28. The SMILES string of the molecule is O=C1CC(C2CCCCC2)C(CO)O1. The van der Waals surface area contributed by atoms with E-state index in [0.717, 1.165) is 0 Å². The number of carbonyl (C=O) groups excluding carboxylic acids is 1. The molecule has 80 valence electrons. The lowest BCUT2D eigenvalue weighted by atomic mass is 9.77. The van der Waals surface area contributed by atoms with Gasteiger partial charge in [-0.1, -0.05) is 32.1 Å². The first-order valence-corrected chi connectivity index (χ1v) is 5.61. The number of hydrogen-bond donors (Lipinski definition) is 1. The Labute approximate surface area is 84.4 Å². The largest absolute Gasteiger partial charge is 0.460 e. The molecule has 0 aromatic carbocycles. The van der Waals surface area contributed by atoms with E-state index in [0.29, 0.717) is 12.3 Å². The first-order chi connectivity index (χ1) is 6.81. The Morgan fingerprint density at radius 3 is 2.64 bits per heavy atom. The van der Waals surface area contributed by atoms with Crippen LogP contribution in [-0.4, -0.2) is 23.8 Å². The topological polar surface area (TPSA) is 46.5 Å². The minimum Gasteiger partial charge on any atom is -0.460 e. The second kappa shape index (κ2) is 4.30. The summed E-state index contributed by atoms with van der Waals surface area (Å²) < 4.78 is 5.09. The van der Waals surface area contributed by atoms with Crippen molar-refractivity contribution in [1.29, 1.82) is 0 Å². The summed E-state index contributed by atoms with van der Waals surface area (Å²) in [5, 5.41) is 9.11. The van der Waals surface area contributed by atoms with Gasteiger partial charge in [-0.25, -0.2) is 0 Å². The maximum atomic E-state index is 11.1. The van der Waals surface area contributed by atoms with Crippen LogP contribution >= 0.6 is 0 Å². The normalized spacial score (nSPS) is 34.5. The summed E-state index contributed by atoms with van der Waals surface area (Å²) >= 11 is 0.